The SMILES string of the molecule is CCc1ccc(-c2cc(C(F)(F)F)on2)cc1S(=O)(=O)N1CCCc2ccccc21. The van der Waals surface area contributed by atoms with Crippen LogP contribution in [0.4, 0.5) is 18.9 Å². The van der Waals surface area contributed by atoms with Gasteiger partial charge < -0.3 is 4.52 Å². The molecule has 0 N–H and O–H groups in total. The zero-order valence-electron chi connectivity index (χ0n) is 16.1. The minimum Gasteiger partial charge on any atom is -0.351 e. The minimum atomic E-state index is -4.67. The number of halogens is 3. The van der Waals surface area contributed by atoms with Crippen LogP contribution < -0.4 is 4.31 Å². The number of aromatic nitrogens is 1. The largest absolute Gasteiger partial charge is 0.452 e. The molecular weight excluding hydrogens is 417 g/mol. The van der Waals surface area contributed by atoms with Crippen molar-refractivity contribution in [2.75, 3.05) is 10.8 Å². The molecule has 158 valence electrons. The summed E-state index contributed by atoms with van der Waals surface area (Å²) in [7, 11) is -3.92. The van der Waals surface area contributed by atoms with Crippen LogP contribution in [0, 0.1) is 0 Å². The Morgan fingerprint density at radius 2 is 1.90 bits per heavy atom. The number of para-hydroxylation sites is 1. The van der Waals surface area contributed by atoms with Gasteiger partial charge in [-0.25, -0.2) is 8.42 Å². The van der Waals surface area contributed by atoms with Gasteiger partial charge >= 0.3 is 6.18 Å². The second-order valence-corrected chi connectivity index (χ2v) is 8.89. The number of alkyl halides is 3. The molecule has 1 aliphatic rings. The lowest BCUT2D eigenvalue weighted by Crippen LogP contribution is -2.36. The number of nitrogens with zero attached hydrogens (tertiary/aromatic N) is 2. The lowest BCUT2D eigenvalue weighted by molar-refractivity contribution is -0.155. The third kappa shape index (κ3) is 3.58. The third-order valence-corrected chi connectivity index (χ3v) is 7.06. The van der Waals surface area contributed by atoms with Crippen LogP contribution in [0.15, 0.2) is 57.9 Å². The Kier molecular flexibility index (Phi) is 5.09. The van der Waals surface area contributed by atoms with Crippen molar-refractivity contribution in [3.8, 4) is 11.3 Å². The van der Waals surface area contributed by atoms with Crippen LogP contribution in [0.1, 0.15) is 30.2 Å². The zero-order chi connectivity index (χ0) is 21.5. The van der Waals surface area contributed by atoms with E-state index in [0.717, 1.165) is 18.1 Å². The lowest BCUT2D eigenvalue weighted by atomic mass is 10.0. The van der Waals surface area contributed by atoms with Gasteiger partial charge in [-0.05, 0) is 42.5 Å². The van der Waals surface area contributed by atoms with Crippen molar-refractivity contribution in [2.24, 2.45) is 0 Å². The number of rotatable bonds is 4. The molecule has 0 amide bonds. The van der Waals surface area contributed by atoms with Gasteiger partial charge in [0, 0.05) is 18.2 Å². The molecular formula is C21H19F3N2O3S. The minimum absolute atomic E-state index is 0.0655. The number of anilines is 1. The van der Waals surface area contributed by atoms with Gasteiger partial charge in [0.25, 0.3) is 10.0 Å². The molecule has 1 aromatic heterocycles. The van der Waals surface area contributed by atoms with Crippen molar-refractivity contribution in [3.05, 3.63) is 65.4 Å². The molecule has 0 unspecified atom stereocenters. The maximum atomic E-state index is 13.6. The van der Waals surface area contributed by atoms with E-state index >= 15 is 0 Å². The summed E-state index contributed by atoms with van der Waals surface area (Å²) in [6, 6.07) is 12.7. The predicted octanol–water partition coefficient (Wildman–Crippen LogP) is 5.06. The highest BCUT2D eigenvalue weighted by Gasteiger charge is 2.36. The summed E-state index contributed by atoms with van der Waals surface area (Å²) in [4.78, 5) is 0.0655. The van der Waals surface area contributed by atoms with E-state index in [2.05, 4.69) is 9.68 Å². The Morgan fingerprint density at radius 1 is 1.13 bits per heavy atom. The van der Waals surface area contributed by atoms with Gasteiger partial charge in [0.15, 0.2) is 0 Å². The number of hydrogen-bond acceptors (Lipinski definition) is 4. The standard InChI is InChI=1S/C21H19F3N2O3S/c1-2-14-9-10-16(17-13-20(29-25-17)21(22,23)24)12-19(14)30(27,28)26-11-5-7-15-6-3-4-8-18(15)26/h3-4,6,8-10,12-13H,2,5,7,11H2,1H3. The Labute approximate surface area is 172 Å². The average molecular weight is 436 g/mol. The van der Waals surface area contributed by atoms with Crippen LogP contribution in [-0.2, 0) is 29.0 Å². The van der Waals surface area contributed by atoms with Crippen molar-refractivity contribution < 1.29 is 26.1 Å². The fraction of sp³-hybridized carbons (Fsp3) is 0.286. The molecule has 0 fully saturated rings. The molecule has 0 bridgehead atoms. The molecule has 5 nitrogen and oxygen atoms in total. The normalized spacial score (nSPS) is 14.6. The molecule has 0 spiro atoms. The number of benzene rings is 2. The van der Waals surface area contributed by atoms with Crippen molar-refractivity contribution in [1.82, 2.24) is 5.16 Å². The molecule has 4 rings (SSSR count). The number of fused-ring (bicyclic) bond motifs is 1. The van der Waals surface area contributed by atoms with Gasteiger partial charge in [0.2, 0.25) is 5.76 Å². The molecule has 30 heavy (non-hydrogen) atoms. The molecule has 0 saturated carbocycles. The lowest BCUT2D eigenvalue weighted by Gasteiger charge is -2.31. The molecule has 3 aromatic rings. The van der Waals surface area contributed by atoms with E-state index in [1.165, 1.54) is 10.4 Å². The monoisotopic (exact) mass is 436 g/mol. The van der Waals surface area contributed by atoms with E-state index in [9.17, 15) is 21.6 Å². The van der Waals surface area contributed by atoms with E-state index < -0.39 is 22.0 Å². The second-order valence-electron chi connectivity index (χ2n) is 7.06. The molecule has 9 heteroatoms. The van der Waals surface area contributed by atoms with Crippen molar-refractivity contribution in [3.63, 3.8) is 0 Å². The maximum Gasteiger partial charge on any atom is 0.452 e. The summed E-state index contributed by atoms with van der Waals surface area (Å²) >= 11 is 0. The summed E-state index contributed by atoms with van der Waals surface area (Å²) in [5.74, 6) is -1.23. The summed E-state index contributed by atoms with van der Waals surface area (Å²) in [5, 5.41) is 3.48. The van der Waals surface area contributed by atoms with Crippen molar-refractivity contribution in [2.45, 2.75) is 37.3 Å². The van der Waals surface area contributed by atoms with E-state index in [4.69, 9.17) is 0 Å². The fourth-order valence-electron chi connectivity index (χ4n) is 3.66. The molecule has 2 aromatic carbocycles. The third-order valence-electron chi connectivity index (χ3n) is 5.17. The number of aryl methyl sites for hydroxylation is 2. The Hall–Kier alpha value is -2.81. The van der Waals surface area contributed by atoms with Crippen LogP contribution >= 0.6 is 0 Å². The van der Waals surface area contributed by atoms with Crippen LogP contribution in [-0.4, -0.2) is 20.1 Å². The first-order chi connectivity index (χ1) is 14.2. The van der Waals surface area contributed by atoms with Crippen LogP contribution in [0.25, 0.3) is 11.3 Å². The summed E-state index contributed by atoms with van der Waals surface area (Å²) in [6.07, 6.45) is -2.73. The second kappa shape index (κ2) is 7.46. The highest BCUT2D eigenvalue weighted by molar-refractivity contribution is 7.92. The number of sulfonamides is 1. The fourth-order valence-corrected chi connectivity index (χ4v) is 5.52. The van der Waals surface area contributed by atoms with Gasteiger partial charge in [-0.2, -0.15) is 13.2 Å². The molecule has 0 atom stereocenters. The first-order valence-corrected chi connectivity index (χ1v) is 10.9. The molecule has 0 saturated heterocycles. The quantitative estimate of drug-likeness (QED) is 0.573. The van der Waals surface area contributed by atoms with E-state index in [1.54, 1.807) is 24.3 Å². The molecule has 0 aliphatic carbocycles. The van der Waals surface area contributed by atoms with E-state index in [-0.39, 0.29) is 16.2 Å². The summed E-state index contributed by atoms with van der Waals surface area (Å²) in [5.41, 5.74) is 2.35. The number of hydrogen-bond donors (Lipinski definition) is 0. The van der Waals surface area contributed by atoms with E-state index in [1.807, 2.05) is 19.1 Å². The first kappa shape index (κ1) is 20.5. The van der Waals surface area contributed by atoms with Crippen LogP contribution in [0.2, 0.25) is 0 Å². The Bertz CT molecular complexity index is 1190. The van der Waals surface area contributed by atoms with Crippen LogP contribution in [0.5, 0.6) is 0 Å². The van der Waals surface area contributed by atoms with Gasteiger partial charge in [0.05, 0.1) is 10.6 Å². The smallest absolute Gasteiger partial charge is 0.351 e. The molecule has 1 aliphatic heterocycles. The van der Waals surface area contributed by atoms with Gasteiger partial charge in [-0.1, -0.05) is 42.4 Å². The maximum absolute atomic E-state index is 13.6. The summed E-state index contributed by atoms with van der Waals surface area (Å²) < 4.78 is 71.5. The first-order valence-electron chi connectivity index (χ1n) is 9.49. The topological polar surface area (TPSA) is 63.4 Å². The average Bonchev–Trinajstić information content (AvgIpc) is 3.23. The van der Waals surface area contributed by atoms with Crippen molar-refractivity contribution in [1.29, 1.82) is 0 Å². The zero-order valence-corrected chi connectivity index (χ0v) is 16.9. The predicted molar refractivity (Wildman–Crippen MR) is 106 cm³/mol. The molecule has 0 radical (unpaired) electrons. The van der Waals surface area contributed by atoms with Gasteiger partial charge in [0.1, 0.15) is 5.69 Å². The Morgan fingerprint density at radius 3 is 2.60 bits per heavy atom. The van der Waals surface area contributed by atoms with Gasteiger partial charge in [-0.15, -0.1) is 0 Å². The Balaban J connectivity index is 1.81. The highest BCUT2D eigenvalue weighted by Crippen LogP contribution is 2.36. The van der Waals surface area contributed by atoms with Crippen molar-refractivity contribution >= 4 is 15.7 Å². The van der Waals surface area contributed by atoms with E-state index in [0.29, 0.717) is 30.6 Å². The highest BCUT2D eigenvalue weighted by atomic mass is 32.2. The van der Waals surface area contributed by atoms with Crippen LogP contribution in [0.3, 0.4) is 0 Å². The molecule has 2 heterocycles. The summed E-state index contributed by atoms with van der Waals surface area (Å²) in [6.45, 7) is 2.17. The van der Waals surface area contributed by atoms with Gasteiger partial charge in [-0.3, -0.25) is 4.31 Å².